The average molecular weight is 330 g/mol. The van der Waals surface area contributed by atoms with Crippen molar-refractivity contribution in [2.45, 2.75) is 25.7 Å². The Labute approximate surface area is 140 Å². The third-order valence-electron chi connectivity index (χ3n) is 4.30. The van der Waals surface area contributed by atoms with Gasteiger partial charge in [0.2, 0.25) is 5.91 Å². The maximum absolute atomic E-state index is 12.3. The van der Waals surface area contributed by atoms with Gasteiger partial charge in [-0.05, 0) is 44.0 Å². The van der Waals surface area contributed by atoms with Gasteiger partial charge in [-0.1, -0.05) is 6.07 Å². The Kier molecular flexibility index (Phi) is 5.08. The molecule has 0 aliphatic heterocycles. The van der Waals surface area contributed by atoms with E-state index in [0.29, 0.717) is 18.9 Å². The number of carbonyl (C=O) groups is 1. The predicted octanol–water partition coefficient (Wildman–Crippen LogP) is 2.52. The molecule has 0 spiro atoms. The maximum Gasteiger partial charge on any atom is 0.223 e. The first kappa shape index (κ1) is 16.1. The van der Waals surface area contributed by atoms with Gasteiger partial charge in [-0.15, -0.1) is 11.3 Å². The molecule has 3 unspecified atom stereocenters. The standard InChI is InChI=1S/C18H22N2O2S/c1-12-5-6-17(23-12)15-9-16(15)18(22)20-10-13(11-21)8-14-4-2-3-7-19-14/h2-7,13,15-16,21H,8-11H2,1H3,(H,20,22). The van der Waals surface area contributed by atoms with E-state index in [9.17, 15) is 9.90 Å². The van der Waals surface area contributed by atoms with Crippen LogP contribution in [0.5, 0.6) is 0 Å². The van der Waals surface area contributed by atoms with Gasteiger partial charge >= 0.3 is 0 Å². The number of aromatic nitrogens is 1. The van der Waals surface area contributed by atoms with Crippen LogP contribution in [0, 0.1) is 18.8 Å². The summed E-state index contributed by atoms with van der Waals surface area (Å²) in [5.74, 6) is 0.606. The van der Waals surface area contributed by atoms with E-state index in [-0.39, 0.29) is 24.3 Å². The van der Waals surface area contributed by atoms with Crippen LogP contribution in [-0.2, 0) is 11.2 Å². The molecular formula is C18H22N2O2S. The quantitative estimate of drug-likeness (QED) is 0.820. The van der Waals surface area contributed by atoms with Crippen LogP contribution in [0.2, 0.25) is 0 Å². The molecule has 122 valence electrons. The number of aryl methyl sites for hydroxylation is 1. The minimum atomic E-state index is 0.00929. The highest BCUT2D eigenvalue weighted by atomic mass is 32.1. The zero-order valence-corrected chi connectivity index (χ0v) is 14.1. The highest BCUT2D eigenvalue weighted by molar-refractivity contribution is 7.12. The lowest BCUT2D eigenvalue weighted by Crippen LogP contribution is -2.33. The van der Waals surface area contributed by atoms with Gasteiger partial charge in [0, 0.05) is 52.6 Å². The molecule has 1 aliphatic carbocycles. The smallest absolute Gasteiger partial charge is 0.223 e. The SMILES string of the molecule is Cc1ccc(C2CC2C(=O)NCC(CO)Cc2ccccn2)s1. The molecule has 2 heterocycles. The lowest BCUT2D eigenvalue weighted by atomic mass is 10.0. The van der Waals surface area contributed by atoms with Crippen molar-refractivity contribution in [3.05, 3.63) is 52.0 Å². The summed E-state index contributed by atoms with van der Waals surface area (Å²) in [6.45, 7) is 2.64. The zero-order chi connectivity index (χ0) is 16.2. The number of rotatable bonds is 7. The van der Waals surface area contributed by atoms with Crippen molar-refractivity contribution in [1.29, 1.82) is 0 Å². The normalized spacial score (nSPS) is 21.0. The fourth-order valence-corrected chi connectivity index (χ4v) is 3.90. The van der Waals surface area contributed by atoms with Crippen molar-refractivity contribution in [3.8, 4) is 0 Å². The first-order chi connectivity index (χ1) is 11.2. The van der Waals surface area contributed by atoms with Gasteiger partial charge in [0.15, 0.2) is 0 Å². The minimum Gasteiger partial charge on any atom is -0.396 e. The van der Waals surface area contributed by atoms with Crippen molar-refractivity contribution in [2.75, 3.05) is 13.2 Å². The first-order valence-electron chi connectivity index (χ1n) is 8.02. The van der Waals surface area contributed by atoms with Crippen LogP contribution in [0.4, 0.5) is 0 Å². The molecule has 0 aromatic carbocycles. The number of hydrogen-bond donors (Lipinski definition) is 2. The number of carbonyl (C=O) groups excluding carboxylic acids is 1. The molecule has 3 rings (SSSR count). The Balaban J connectivity index is 1.47. The molecule has 2 aromatic rings. The van der Waals surface area contributed by atoms with Crippen LogP contribution in [0.1, 0.15) is 27.8 Å². The molecule has 0 saturated heterocycles. The van der Waals surface area contributed by atoms with E-state index in [2.05, 4.69) is 29.4 Å². The number of aliphatic hydroxyl groups excluding tert-OH is 1. The molecule has 2 aromatic heterocycles. The second-order valence-electron chi connectivity index (χ2n) is 6.22. The van der Waals surface area contributed by atoms with Crippen molar-refractivity contribution in [1.82, 2.24) is 10.3 Å². The molecule has 23 heavy (non-hydrogen) atoms. The molecule has 3 atom stereocenters. The van der Waals surface area contributed by atoms with Gasteiger partial charge in [-0.2, -0.15) is 0 Å². The second-order valence-corrected chi connectivity index (χ2v) is 7.54. The molecule has 1 amide bonds. The Hall–Kier alpha value is -1.72. The predicted molar refractivity (Wildman–Crippen MR) is 91.4 cm³/mol. The van der Waals surface area contributed by atoms with E-state index in [1.54, 1.807) is 17.5 Å². The molecule has 1 saturated carbocycles. The number of pyridine rings is 1. The van der Waals surface area contributed by atoms with Crippen molar-refractivity contribution < 1.29 is 9.90 Å². The first-order valence-corrected chi connectivity index (χ1v) is 8.84. The second kappa shape index (κ2) is 7.23. The van der Waals surface area contributed by atoms with Gasteiger partial charge in [-0.3, -0.25) is 9.78 Å². The molecule has 1 aliphatic rings. The van der Waals surface area contributed by atoms with E-state index in [1.165, 1.54) is 9.75 Å². The number of nitrogens with zero attached hydrogens (tertiary/aromatic N) is 1. The lowest BCUT2D eigenvalue weighted by Gasteiger charge is -2.14. The van der Waals surface area contributed by atoms with Gasteiger partial charge in [0.25, 0.3) is 0 Å². The van der Waals surface area contributed by atoms with Crippen molar-refractivity contribution >= 4 is 17.2 Å². The summed E-state index contributed by atoms with van der Waals surface area (Å²) >= 11 is 1.78. The van der Waals surface area contributed by atoms with Crippen LogP contribution in [0.25, 0.3) is 0 Å². The summed E-state index contributed by atoms with van der Waals surface area (Å²) < 4.78 is 0. The van der Waals surface area contributed by atoms with E-state index < -0.39 is 0 Å². The zero-order valence-electron chi connectivity index (χ0n) is 13.2. The number of thiophene rings is 1. The Bertz CT molecular complexity index is 656. The summed E-state index contributed by atoms with van der Waals surface area (Å²) in [6, 6.07) is 10.0. The number of amides is 1. The van der Waals surface area contributed by atoms with Crippen LogP contribution in [0.3, 0.4) is 0 Å². The molecule has 4 nitrogen and oxygen atoms in total. The molecule has 0 bridgehead atoms. The molecule has 2 N–H and O–H groups in total. The Morgan fingerprint density at radius 2 is 2.30 bits per heavy atom. The fourth-order valence-electron chi connectivity index (χ4n) is 2.84. The third kappa shape index (κ3) is 4.18. The monoisotopic (exact) mass is 330 g/mol. The van der Waals surface area contributed by atoms with E-state index in [1.807, 2.05) is 18.2 Å². The van der Waals surface area contributed by atoms with Gasteiger partial charge in [0.05, 0.1) is 0 Å². The largest absolute Gasteiger partial charge is 0.396 e. The van der Waals surface area contributed by atoms with Crippen LogP contribution < -0.4 is 5.32 Å². The Morgan fingerprint density at radius 1 is 1.43 bits per heavy atom. The molecule has 1 fully saturated rings. The Morgan fingerprint density at radius 3 is 2.96 bits per heavy atom. The van der Waals surface area contributed by atoms with Gasteiger partial charge < -0.3 is 10.4 Å². The number of aliphatic hydroxyl groups is 1. The number of hydrogen-bond acceptors (Lipinski definition) is 4. The van der Waals surface area contributed by atoms with Gasteiger partial charge in [0.1, 0.15) is 0 Å². The summed E-state index contributed by atoms with van der Waals surface area (Å²) in [7, 11) is 0. The van der Waals surface area contributed by atoms with Crippen LogP contribution in [0.15, 0.2) is 36.5 Å². The topological polar surface area (TPSA) is 62.2 Å². The average Bonchev–Trinajstić information content (AvgIpc) is 3.26. The van der Waals surface area contributed by atoms with Crippen molar-refractivity contribution in [3.63, 3.8) is 0 Å². The molecular weight excluding hydrogens is 308 g/mol. The number of nitrogens with one attached hydrogen (secondary N) is 1. The fraction of sp³-hybridized carbons (Fsp3) is 0.444. The van der Waals surface area contributed by atoms with E-state index in [0.717, 1.165) is 12.1 Å². The highest BCUT2D eigenvalue weighted by Crippen LogP contribution is 2.49. The van der Waals surface area contributed by atoms with Crippen LogP contribution in [-0.4, -0.2) is 29.1 Å². The summed E-state index contributed by atoms with van der Waals surface area (Å²) in [5.41, 5.74) is 0.944. The maximum atomic E-state index is 12.3. The van der Waals surface area contributed by atoms with Crippen LogP contribution >= 0.6 is 11.3 Å². The minimum absolute atomic E-state index is 0.00929. The molecule has 5 heteroatoms. The summed E-state index contributed by atoms with van der Waals surface area (Å²) in [5, 5.41) is 12.5. The summed E-state index contributed by atoms with van der Waals surface area (Å²) in [6.07, 6.45) is 3.37. The van der Waals surface area contributed by atoms with E-state index in [4.69, 9.17) is 0 Å². The highest BCUT2D eigenvalue weighted by Gasteiger charge is 2.44. The van der Waals surface area contributed by atoms with Gasteiger partial charge in [-0.25, -0.2) is 0 Å². The van der Waals surface area contributed by atoms with Crippen molar-refractivity contribution in [2.24, 2.45) is 11.8 Å². The molecule has 0 radical (unpaired) electrons. The third-order valence-corrected chi connectivity index (χ3v) is 5.43. The lowest BCUT2D eigenvalue weighted by molar-refractivity contribution is -0.122. The summed E-state index contributed by atoms with van der Waals surface area (Å²) in [4.78, 5) is 19.1. The van der Waals surface area contributed by atoms with E-state index >= 15 is 0 Å².